The Morgan fingerprint density at radius 3 is 0.767 bits per heavy atom. The van der Waals surface area contributed by atoms with Gasteiger partial charge in [0.05, 0.1) is 49.8 Å². The molecular weight excluding hydrogens is 1790 g/mol. The van der Waals surface area contributed by atoms with Crippen LogP contribution in [-0.4, -0.2) is 38.2 Å². The van der Waals surface area contributed by atoms with Gasteiger partial charge in [-0.2, -0.15) is 0 Å². The highest BCUT2D eigenvalue weighted by atomic mass is 16.3. The van der Waals surface area contributed by atoms with Gasteiger partial charge in [-0.05, 0) is 255 Å². The lowest BCUT2D eigenvalue weighted by atomic mass is 10.0. The molecule has 0 atom stereocenters. The molecule has 0 radical (unpaired) electrons. The maximum atomic E-state index is 6.05. The van der Waals surface area contributed by atoms with Gasteiger partial charge in [0.1, 0.15) is 67.9 Å². The second-order valence-electron chi connectivity index (χ2n) is 37.0. The number of fused-ring (bicyclic) bond motifs is 24. The van der Waals surface area contributed by atoms with Gasteiger partial charge in [0.15, 0.2) is 0 Å². The van der Waals surface area contributed by atoms with E-state index in [-0.39, 0.29) is 0 Å². The smallest absolute Gasteiger partial charge is 0.138 e. The third-order valence-electron chi connectivity index (χ3n) is 28.6. The Bertz CT molecular complexity index is 10200. The molecule has 19 aromatic carbocycles. The fourth-order valence-electron chi connectivity index (χ4n) is 21.7. The minimum atomic E-state index is 0.912. The monoisotopic (exact) mass is 1870 g/mol. The quantitative estimate of drug-likeness (QED) is 0.125. The summed E-state index contributed by atoms with van der Waals surface area (Å²) in [7, 11) is 0. The molecule has 146 heavy (non-hydrogen) atoms. The highest BCUT2D eigenvalue weighted by Gasteiger charge is 2.23. The van der Waals surface area contributed by atoms with Crippen LogP contribution in [0.1, 0.15) is 0 Å². The molecular formula is C134H84N8O4. The zero-order valence-electron chi connectivity index (χ0n) is 78.7. The SMILES string of the molecule is c1ccc(-c2ccc(-n3c4ccccc4c4cc(-c5ccc6oc7ccccc7c6c5)ccc43)nc2)cc1.c1ccc(-c2cccc(-n3c4ccccc4c4cc(-c5ccc6oc7ccccc7c6c5)ccc43)n2)cc1.c1ccc(-c2ccnc(-n3c4ccccc4c4cc(-c5ccc6oc7ccccc7c6c5)ccc43)c2)cc1.c1ccc(-n2c3ccccc3c3cc(-c4ccc5oc6ccccc6c5c4)ccc32)nc1. The van der Waals surface area contributed by atoms with Crippen molar-refractivity contribution in [3.05, 3.63) is 510 Å². The van der Waals surface area contributed by atoms with Crippen molar-refractivity contribution in [2.24, 2.45) is 0 Å². The number of hydrogen-bond donors (Lipinski definition) is 0. The molecule has 0 aliphatic carbocycles. The first-order chi connectivity index (χ1) is 72.4. The van der Waals surface area contributed by atoms with Crippen LogP contribution in [-0.2, 0) is 0 Å². The number of pyridine rings is 4. The van der Waals surface area contributed by atoms with Crippen molar-refractivity contribution in [3.63, 3.8) is 0 Å². The normalized spacial score (nSPS) is 11.7. The maximum Gasteiger partial charge on any atom is 0.138 e. The highest BCUT2D eigenvalue weighted by molar-refractivity contribution is 6.17. The Hall–Kier alpha value is -19.8. The average molecular weight is 1870 g/mol. The molecule has 12 heterocycles. The number of hydrogen-bond acceptors (Lipinski definition) is 8. The van der Waals surface area contributed by atoms with Gasteiger partial charge in [-0.15, -0.1) is 0 Å². The summed E-state index contributed by atoms with van der Waals surface area (Å²) in [4.78, 5) is 19.4. The fourth-order valence-corrected chi connectivity index (χ4v) is 21.7. The first-order valence-electron chi connectivity index (χ1n) is 49.1. The molecule has 12 aromatic heterocycles. The largest absolute Gasteiger partial charge is 0.456 e. The molecule has 0 bridgehead atoms. The number of rotatable bonds is 11. The molecule has 0 saturated heterocycles. The first kappa shape index (κ1) is 84.3. The summed E-state index contributed by atoms with van der Waals surface area (Å²) in [5, 5.41) is 18.9. The van der Waals surface area contributed by atoms with E-state index in [1.165, 1.54) is 98.7 Å². The van der Waals surface area contributed by atoms with Gasteiger partial charge in [0.25, 0.3) is 0 Å². The standard InChI is InChI=1S/3C35H22N2O.C29H18N2O/c1-2-9-23(10-3-1)30-13-8-16-35(36-30)37-31-14-6-4-11-26(31)28-21-24(17-19-32(28)37)25-18-20-34-29(22-25)27-12-5-7-15-33(27)38-34;1-2-8-23(9-3-1)26-16-19-35(36-22-26)37-31-12-6-4-10-27(31)29-20-24(14-17-32(29)37)25-15-18-34-30(21-25)28-11-5-7-13-33(28)38-34;1-2-8-23(9-3-1)26-18-19-36-35(22-26)37-31-12-6-4-10-27(31)29-20-24(14-16-32(29)37)25-15-17-34-30(21-25)28-11-5-7-13-33(28)38-34;1-3-9-25-21(7-1)23-17-19(12-14-26(23)31(25)29-11-5-6-16-30-29)20-13-15-28-24(18-20)22-8-2-4-10-27(22)32-28/h3*1-22H;1-18H. The van der Waals surface area contributed by atoms with Gasteiger partial charge < -0.3 is 17.7 Å². The molecule has 684 valence electrons. The first-order valence-corrected chi connectivity index (χ1v) is 49.1. The summed E-state index contributed by atoms with van der Waals surface area (Å²) in [6.07, 6.45) is 5.70. The molecule has 0 fully saturated rings. The van der Waals surface area contributed by atoms with Crippen molar-refractivity contribution >= 4 is 175 Å². The van der Waals surface area contributed by atoms with Crippen LogP contribution in [0.5, 0.6) is 0 Å². The lowest BCUT2D eigenvalue weighted by molar-refractivity contribution is 0.668. The topological polar surface area (TPSA) is 124 Å². The van der Waals surface area contributed by atoms with Crippen LogP contribution < -0.4 is 0 Å². The van der Waals surface area contributed by atoms with Crippen LogP contribution in [0.25, 0.3) is 276 Å². The number of benzene rings is 19. The number of para-hydroxylation sites is 8. The summed E-state index contributed by atoms with van der Waals surface area (Å²) < 4.78 is 33.2. The molecule has 0 aliphatic heterocycles. The van der Waals surface area contributed by atoms with Gasteiger partial charge in [-0.1, -0.05) is 297 Å². The van der Waals surface area contributed by atoms with Gasteiger partial charge in [-0.3, -0.25) is 18.3 Å². The Morgan fingerprint density at radius 2 is 0.404 bits per heavy atom. The van der Waals surface area contributed by atoms with Gasteiger partial charge in [0.2, 0.25) is 0 Å². The van der Waals surface area contributed by atoms with E-state index in [2.05, 4.69) is 436 Å². The van der Waals surface area contributed by atoms with Crippen molar-refractivity contribution in [3.8, 4) is 101 Å². The van der Waals surface area contributed by atoms with E-state index in [1.807, 2.05) is 97.5 Å². The lowest BCUT2D eigenvalue weighted by Crippen LogP contribution is -1.98. The van der Waals surface area contributed by atoms with E-state index in [4.69, 9.17) is 32.6 Å². The molecule has 0 amide bonds. The predicted octanol–water partition coefficient (Wildman–Crippen LogP) is 36.0. The third kappa shape index (κ3) is 14.7. The fraction of sp³-hybridized carbons (Fsp3) is 0. The van der Waals surface area contributed by atoms with Crippen LogP contribution in [0.3, 0.4) is 0 Å². The Kier molecular flexibility index (Phi) is 20.3. The second-order valence-corrected chi connectivity index (χ2v) is 37.0. The van der Waals surface area contributed by atoms with E-state index in [1.54, 1.807) is 0 Å². The van der Waals surface area contributed by atoms with E-state index in [9.17, 15) is 0 Å². The molecule has 0 spiro atoms. The third-order valence-corrected chi connectivity index (χ3v) is 28.6. The Labute approximate surface area is 836 Å². The van der Waals surface area contributed by atoms with Crippen LogP contribution in [0, 0.1) is 0 Å². The van der Waals surface area contributed by atoms with Crippen molar-refractivity contribution < 1.29 is 17.7 Å². The molecule has 0 unspecified atom stereocenters. The van der Waals surface area contributed by atoms with Crippen LogP contribution in [0.15, 0.2) is 528 Å². The van der Waals surface area contributed by atoms with Crippen molar-refractivity contribution in [1.29, 1.82) is 0 Å². The minimum absolute atomic E-state index is 0.912. The molecule has 12 nitrogen and oxygen atoms in total. The summed E-state index contributed by atoms with van der Waals surface area (Å²) in [6.45, 7) is 0. The van der Waals surface area contributed by atoms with Crippen molar-refractivity contribution in [2.75, 3.05) is 0 Å². The molecule has 31 aromatic rings. The average Bonchev–Trinajstić information content (AvgIpc) is 1.60. The predicted molar refractivity (Wildman–Crippen MR) is 601 cm³/mol. The Morgan fingerprint density at radius 1 is 0.137 bits per heavy atom. The van der Waals surface area contributed by atoms with Crippen molar-refractivity contribution in [1.82, 2.24) is 38.2 Å². The van der Waals surface area contributed by atoms with Gasteiger partial charge in [0, 0.05) is 116 Å². The summed E-state index contributed by atoms with van der Waals surface area (Å²) in [5.41, 5.74) is 32.6. The van der Waals surface area contributed by atoms with Crippen LogP contribution >= 0.6 is 0 Å². The number of furan rings is 4. The zero-order chi connectivity index (χ0) is 96.2. The van der Waals surface area contributed by atoms with Gasteiger partial charge in [-0.25, -0.2) is 19.9 Å². The van der Waals surface area contributed by atoms with Gasteiger partial charge >= 0.3 is 0 Å². The van der Waals surface area contributed by atoms with Crippen LogP contribution in [0.2, 0.25) is 0 Å². The molecule has 0 saturated carbocycles. The van der Waals surface area contributed by atoms with E-state index < -0.39 is 0 Å². The van der Waals surface area contributed by atoms with E-state index >= 15 is 0 Å². The summed E-state index contributed by atoms with van der Waals surface area (Å²) in [5.74, 6) is 3.67. The Balaban J connectivity index is 0.0000000945. The molecule has 0 N–H and O–H groups in total. The summed E-state index contributed by atoms with van der Waals surface area (Å²) >= 11 is 0. The van der Waals surface area contributed by atoms with E-state index in [0.29, 0.717) is 0 Å². The van der Waals surface area contributed by atoms with Crippen LogP contribution in [0.4, 0.5) is 0 Å². The maximum absolute atomic E-state index is 6.05. The summed E-state index contributed by atoms with van der Waals surface area (Å²) in [6, 6.07) is 172. The van der Waals surface area contributed by atoms with E-state index in [0.717, 1.165) is 178 Å². The number of nitrogens with zero attached hydrogens (tertiary/aromatic N) is 8. The lowest BCUT2D eigenvalue weighted by Gasteiger charge is -2.09. The number of aromatic nitrogens is 8. The molecule has 0 aliphatic rings. The molecule has 31 rings (SSSR count). The van der Waals surface area contributed by atoms with Crippen molar-refractivity contribution in [2.45, 2.75) is 0 Å². The molecule has 12 heteroatoms. The second kappa shape index (κ2) is 35.2. The highest BCUT2D eigenvalue weighted by Crippen LogP contribution is 2.45. The minimum Gasteiger partial charge on any atom is -0.456 e. The zero-order valence-corrected chi connectivity index (χ0v) is 78.7.